The fourth-order valence-electron chi connectivity index (χ4n) is 2.11. The Kier molecular flexibility index (Phi) is 4.99. The van der Waals surface area contributed by atoms with Gasteiger partial charge >= 0.3 is 0 Å². The maximum Gasteiger partial charge on any atom is 0.262 e. The van der Waals surface area contributed by atoms with Crippen molar-refractivity contribution >= 4 is 11.6 Å². The van der Waals surface area contributed by atoms with Gasteiger partial charge in [0.15, 0.2) is 6.61 Å². The lowest BCUT2D eigenvalue weighted by molar-refractivity contribution is -0.118. The number of amides is 1. The molecule has 0 atom stereocenters. The van der Waals surface area contributed by atoms with Gasteiger partial charge in [0.1, 0.15) is 5.75 Å². The highest BCUT2D eigenvalue weighted by molar-refractivity contribution is 5.92. The molecule has 0 aliphatic carbocycles. The van der Waals surface area contributed by atoms with E-state index in [-0.39, 0.29) is 12.5 Å². The first kappa shape index (κ1) is 15.1. The van der Waals surface area contributed by atoms with Crippen molar-refractivity contribution in [1.82, 2.24) is 0 Å². The summed E-state index contributed by atoms with van der Waals surface area (Å²) in [7, 11) is 0. The number of benzene rings is 2. The average Bonchev–Trinajstić information content (AvgIpc) is 2.48. The van der Waals surface area contributed by atoms with Gasteiger partial charge in [-0.15, -0.1) is 0 Å². The summed E-state index contributed by atoms with van der Waals surface area (Å²) in [5.41, 5.74) is 4.31. The van der Waals surface area contributed by atoms with E-state index in [2.05, 4.69) is 12.2 Å². The van der Waals surface area contributed by atoms with E-state index >= 15 is 0 Å². The topological polar surface area (TPSA) is 38.3 Å². The third-order valence-corrected chi connectivity index (χ3v) is 3.36. The van der Waals surface area contributed by atoms with Gasteiger partial charge in [-0.2, -0.15) is 0 Å². The maximum absolute atomic E-state index is 11.9. The van der Waals surface area contributed by atoms with Gasteiger partial charge in [-0.1, -0.05) is 36.8 Å². The second-order valence-electron chi connectivity index (χ2n) is 5.15. The maximum atomic E-state index is 11.9. The lowest BCUT2D eigenvalue weighted by Gasteiger charge is -2.10. The Balaban J connectivity index is 1.89. The van der Waals surface area contributed by atoms with Crippen molar-refractivity contribution in [3.8, 4) is 5.75 Å². The van der Waals surface area contributed by atoms with E-state index in [1.54, 1.807) is 0 Å². The van der Waals surface area contributed by atoms with E-state index < -0.39 is 0 Å². The number of nitrogens with one attached hydrogen (secondary N) is 1. The van der Waals surface area contributed by atoms with Crippen molar-refractivity contribution in [3.63, 3.8) is 0 Å². The molecule has 3 nitrogen and oxygen atoms in total. The zero-order chi connectivity index (χ0) is 15.2. The molecule has 0 saturated carbocycles. The molecule has 0 aliphatic rings. The Morgan fingerprint density at radius 3 is 2.43 bits per heavy atom. The van der Waals surface area contributed by atoms with Crippen LogP contribution in [0.15, 0.2) is 42.5 Å². The van der Waals surface area contributed by atoms with Crippen LogP contribution in [0.4, 0.5) is 5.69 Å². The Morgan fingerprint density at radius 1 is 1.10 bits per heavy atom. The van der Waals surface area contributed by atoms with Crippen LogP contribution >= 0.6 is 0 Å². The van der Waals surface area contributed by atoms with Gasteiger partial charge in [0.2, 0.25) is 0 Å². The third kappa shape index (κ3) is 4.35. The van der Waals surface area contributed by atoms with Crippen LogP contribution in [0.25, 0.3) is 0 Å². The summed E-state index contributed by atoms with van der Waals surface area (Å²) in [4.78, 5) is 11.9. The first-order valence-electron chi connectivity index (χ1n) is 7.17. The predicted molar refractivity (Wildman–Crippen MR) is 85.9 cm³/mol. The summed E-state index contributed by atoms with van der Waals surface area (Å²) in [6, 6.07) is 13.7. The number of carbonyl (C=O) groups excluding carboxylic acids is 1. The second kappa shape index (κ2) is 6.93. The van der Waals surface area contributed by atoms with Crippen LogP contribution in [0.3, 0.4) is 0 Å². The van der Waals surface area contributed by atoms with Crippen molar-refractivity contribution < 1.29 is 9.53 Å². The average molecular weight is 283 g/mol. The number of hydrogen-bond donors (Lipinski definition) is 1. The summed E-state index contributed by atoms with van der Waals surface area (Å²) in [6.45, 7) is 6.13. The highest BCUT2D eigenvalue weighted by atomic mass is 16.5. The molecule has 0 heterocycles. The highest BCUT2D eigenvalue weighted by Gasteiger charge is 2.06. The number of anilines is 1. The van der Waals surface area contributed by atoms with E-state index in [9.17, 15) is 4.79 Å². The minimum atomic E-state index is -0.151. The van der Waals surface area contributed by atoms with Crippen LogP contribution < -0.4 is 10.1 Å². The third-order valence-electron chi connectivity index (χ3n) is 3.36. The molecule has 2 aromatic carbocycles. The zero-order valence-electron chi connectivity index (χ0n) is 12.8. The molecule has 1 amide bonds. The molecule has 3 heteroatoms. The molecule has 2 aromatic rings. The van der Waals surface area contributed by atoms with Crippen molar-refractivity contribution in [2.24, 2.45) is 0 Å². The first-order chi connectivity index (χ1) is 10.1. The predicted octanol–water partition coefficient (Wildman–Crippen LogP) is 3.88. The minimum absolute atomic E-state index is 0.0127. The van der Waals surface area contributed by atoms with Gasteiger partial charge in [0, 0.05) is 5.69 Å². The molecule has 110 valence electrons. The summed E-state index contributed by atoms with van der Waals surface area (Å²) in [6.07, 6.45) is 0.994. The molecule has 0 saturated heterocycles. The fourth-order valence-corrected chi connectivity index (χ4v) is 2.11. The molecule has 0 aliphatic heterocycles. The number of carbonyl (C=O) groups is 1. The smallest absolute Gasteiger partial charge is 0.262 e. The lowest BCUT2D eigenvalue weighted by atomic mass is 10.1. The lowest BCUT2D eigenvalue weighted by Crippen LogP contribution is -2.20. The number of rotatable bonds is 5. The van der Waals surface area contributed by atoms with Crippen molar-refractivity contribution in [2.75, 3.05) is 11.9 Å². The largest absolute Gasteiger partial charge is 0.484 e. The zero-order valence-corrected chi connectivity index (χ0v) is 12.8. The quantitative estimate of drug-likeness (QED) is 0.904. The Labute approximate surface area is 126 Å². The molecule has 0 fully saturated rings. The molecule has 0 aromatic heterocycles. The Bertz CT molecular complexity index is 618. The van der Waals surface area contributed by atoms with E-state index in [1.165, 1.54) is 11.1 Å². The summed E-state index contributed by atoms with van der Waals surface area (Å²) < 4.78 is 5.49. The number of ether oxygens (including phenoxy) is 1. The fraction of sp³-hybridized carbons (Fsp3) is 0.278. The first-order valence-corrected chi connectivity index (χ1v) is 7.17. The molecule has 0 radical (unpaired) electrons. The normalized spacial score (nSPS) is 10.2. The van der Waals surface area contributed by atoms with Gasteiger partial charge in [-0.05, 0) is 49.6 Å². The molecule has 1 N–H and O–H groups in total. The van der Waals surface area contributed by atoms with Crippen LogP contribution in [-0.4, -0.2) is 12.5 Å². The van der Waals surface area contributed by atoms with Gasteiger partial charge in [0.05, 0.1) is 0 Å². The molecule has 0 unspecified atom stereocenters. The highest BCUT2D eigenvalue weighted by Crippen LogP contribution is 2.16. The van der Waals surface area contributed by atoms with Gasteiger partial charge < -0.3 is 10.1 Å². The number of hydrogen-bond acceptors (Lipinski definition) is 2. The molecular weight excluding hydrogens is 262 g/mol. The monoisotopic (exact) mass is 283 g/mol. The van der Waals surface area contributed by atoms with E-state index in [0.29, 0.717) is 5.75 Å². The minimum Gasteiger partial charge on any atom is -0.484 e. The van der Waals surface area contributed by atoms with Crippen LogP contribution in [-0.2, 0) is 11.2 Å². The molecule has 0 spiro atoms. The van der Waals surface area contributed by atoms with Gasteiger partial charge in [-0.3, -0.25) is 4.79 Å². The number of aryl methyl sites for hydroxylation is 3. The summed E-state index contributed by atoms with van der Waals surface area (Å²) >= 11 is 0. The van der Waals surface area contributed by atoms with E-state index in [4.69, 9.17) is 4.74 Å². The Morgan fingerprint density at radius 2 is 1.81 bits per heavy atom. The van der Waals surface area contributed by atoms with Crippen molar-refractivity contribution in [2.45, 2.75) is 27.2 Å². The van der Waals surface area contributed by atoms with Crippen LogP contribution in [0.2, 0.25) is 0 Å². The van der Waals surface area contributed by atoms with Gasteiger partial charge in [0.25, 0.3) is 5.91 Å². The molecular formula is C18H21NO2. The Hall–Kier alpha value is -2.29. The van der Waals surface area contributed by atoms with E-state index in [0.717, 1.165) is 17.7 Å². The van der Waals surface area contributed by atoms with Crippen LogP contribution in [0.1, 0.15) is 23.6 Å². The standard InChI is InChI=1S/C18H21NO2/c1-4-15-6-8-16(9-7-15)21-12-18(20)19-17-10-5-13(2)11-14(17)3/h5-11H,4,12H2,1-3H3,(H,19,20). The van der Waals surface area contributed by atoms with Gasteiger partial charge in [-0.25, -0.2) is 0 Å². The molecule has 2 rings (SSSR count). The van der Waals surface area contributed by atoms with Crippen LogP contribution in [0.5, 0.6) is 5.75 Å². The van der Waals surface area contributed by atoms with Crippen LogP contribution in [0, 0.1) is 13.8 Å². The molecule has 21 heavy (non-hydrogen) atoms. The second-order valence-corrected chi connectivity index (χ2v) is 5.15. The SMILES string of the molecule is CCc1ccc(OCC(=O)Nc2ccc(C)cc2C)cc1. The summed E-state index contributed by atoms with van der Waals surface area (Å²) in [5.74, 6) is 0.560. The van der Waals surface area contributed by atoms with Crippen molar-refractivity contribution in [3.05, 3.63) is 59.2 Å². The van der Waals surface area contributed by atoms with Crippen molar-refractivity contribution in [1.29, 1.82) is 0 Å². The molecule has 0 bridgehead atoms. The van der Waals surface area contributed by atoms with E-state index in [1.807, 2.05) is 56.3 Å². The summed E-state index contributed by atoms with van der Waals surface area (Å²) in [5, 5.41) is 2.87.